The molecule has 0 N–H and O–H groups in total. The highest BCUT2D eigenvalue weighted by molar-refractivity contribution is 7.85. The number of hydrogen-bond donors (Lipinski definition) is 0. The fourth-order valence-corrected chi connectivity index (χ4v) is 2.62. The molecule has 0 amide bonds. The van der Waals surface area contributed by atoms with E-state index in [0.717, 1.165) is 22.9 Å². The number of benzene rings is 1. The minimum absolute atomic E-state index is 0.0228. The molecular formula is C13H16O5S. The fourth-order valence-electron chi connectivity index (χ4n) is 2.27. The molecule has 0 saturated heterocycles. The van der Waals surface area contributed by atoms with Gasteiger partial charge in [-0.3, -0.25) is 8.98 Å². The van der Waals surface area contributed by atoms with E-state index in [-0.39, 0.29) is 18.5 Å². The van der Waals surface area contributed by atoms with Gasteiger partial charge < -0.3 is 4.74 Å². The fraction of sp³-hybridized carbons (Fsp3) is 0.462. The van der Waals surface area contributed by atoms with Gasteiger partial charge in [-0.15, -0.1) is 0 Å². The van der Waals surface area contributed by atoms with Crippen LogP contribution in [0, 0.1) is 5.92 Å². The predicted molar refractivity (Wildman–Crippen MR) is 69.0 cm³/mol. The van der Waals surface area contributed by atoms with Gasteiger partial charge in [0.05, 0.1) is 25.9 Å². The zero-order chi connectivity index (χ0) is 14.0. The summed E-state index contributed by atoms with van der Waals surface area (Å²) in [6, 6.07) is 5.63. The Balaban J connectivity index is 2.09. The lowest BCUT2D eigenvalue weighted by atomic mass is 10.1. The smallest absolute Gasteiger partial charge is 0.309 e. The van der Waals surface area contributed by atoms with E-state index >= 15 is 0 Å². The third-order valence-electron chi connectivity index (χ3n) is 3.18. The number of ether oxygens (including phenoxy) is 1. The van der Waals surface area contributed by atoms with Gasteiger partial charge in [0.15, 0.2) is 0 Å². The van der Waals surface area contributed by atoms with Crippen LogP contribution in [0.5, 0.6) is 0 Å². The second-order valence-corrected chi connectivity index (χ2v) is 6.34. The van der Waals surface area contributed by atoms with Crippen molar-refractivity contribution >= 4 is 16.1 Å². The maximum absolute atomic E-state index is 11.5. The highest BCUT2D eigenvalue weighted by Gasteiger charge is 2.28. The van der Waals surface area contributed by atoms with Gasteiger partial charge in [0, 0.05) is 0 Å². The van der Waals surface area contributed by atoms with Crippen molar-refractivity contribution in [2.24, 2.45) is 5.92 Å². The Bertz CT molecular complexity index is 591. The molecule has 2 rings (SSSR count). The highest BCUT2D eigenvalue weighted by Crippen LogP contribution is 2.28. The molecule has 1 aliphatic carbocycles. The first-order chi connectivity index (χ1) is 8.89. The molecule has 5 nitrogen and oxygen atoms in total. The molecule has 1 aromatic carbocycles. The third-order valence-corrected chi connectivity index (χ3v) is 3.72. The van der Waals surface area contributed by atoms with Crippen LogP contribution in [0.1, 0.15) is 16.7 Å². The van der Waals surface area contributed by atoms with Gasteiger partial charge in [0.25, 0.3) is 10.1 Å². The predicted octanol–water partition coefficient (Wildman–Crippen LogP) is 1.05. The molecule has 0 heterocycles. The van der Waals surface area contributed by atoms with Crippen molar-refractivity contribution < 1.29 is 22.1 Å². The maximum atomic E-state index is 11.5. The molecule has 1 aliphatic rings. The Morgan fingerprint density at radius 2 is 2.00 bits per heavy atom. The zero-order valence-corrected chi connectivity index (χ0v) is 11.7. The molecule has 1 atom stereocenters. The van der Waals surface area contributed by atoms with Crippen LogP contribution < -0.4 is 0 Å². The summed E-state index contributed by atoms with van der Waals surface area (Å²) >= 11 is 0. The van der Waals surface area contributed by atoms with E-state index in [1.165, 1.54) is 7.11 Å². The van der Waals surface area contributed by atoms with E-state index < -0.39 is 10.1 Å². The summed E-state index contributed by atoms with van der Waals surface area (Å²) in [5.41, 5.74) is 2.96. The summed E-state index contributed by atoms with van der Waals surface area (Å²) in [7, 11) is -2.05. The highest BCUT2D eigenvalue weighted by atomic mass is 32.2. The molecule has 0 saturated carbocycles. The largest absolute Gasteiger partial charge is 0.469 e. The molecular weight excluding hydrogens is 268 g/mol. The SMILES string of the molecule is COC(=O)C1Cc2ccc(COS(C)(=O)=O)cc2C1. The Hall–Kier alpha value is -1.40. The Morgan fingerprint density at radius 3 is 2.63 bits per heavy atom. The summed E-state index contributed by atoms with van der Waals surface area (Å²) in [6.45, 7) is 0.0228. The minimum Gasteiger partial charge on any atom is -0.469 e. The van der Waals surface area contributed by atoms with E-state index in [1.54, 1.807) is 0 Å². The van der Waals surface area contributed by atoms with Crippen molar-refractivity contribution in [3.63, 3.8) is 0 Å². The van der Waals surface area contributed by atoms with Crippen LogP contribution in [-0.2, 0) is 43.3 Å². The number of esters is 1. The number of hydrogen-bond acceptors (Lipinski definition) is 5. The van der Waals surface area contributed by atoms with Gasteiger partial charge in [-0.2, -0.15) is 8.42 Å². The summed E-state index contributed by atoms with van der Waals surface area (Å²) in [5, 5.41) is 0. The first kappa shape index (κ1) is 14.0. The van der Waals surface area contributed by atoms with Crippen LogP contribution in [0.25, 0.3) is 0 Å². The second kappa shape index (κ2) is 5.30. The van der Waals surface area contributed by atoms with Crippen molar-refractivity contribution in [3.05, 3.63) is 34.9 Å². The molecule has 19 heavy (non-hydrogen) atoms. The average Bonchev–Trinajstić information content (AvgIpc) is 2.77. The molecule has 104 valence electrons. The minimum atomic E-state index is -3.44. The van der Waals surface area contributed by atoms with E-state index in [9.17, 15) is 13.2 Å². The number of methoxy groups -OCH3 is 1. The van der Waals surface area contributed by atoms with Crippen molar-refractivity contribution in [1.82, 2.24) is 0 Å². The van der Waals surface area contributed by atoms with Crippen LogP contribution in [0.3, 0.4) is 0 Å². The van der Waals surface area contributed by atoms with Gasteiger partial charge in [0.1, 0.15) is 0 Å². The van der Waals surface area contributed by atoms with Crippen LogP contribution in [0.15, 0.2) is 18.2 Å². The number of carbonyl (C=O) groups excluding carboxylic acids is 1. The monoisotopic (exact) mass is 284 g/mol. The third kappa shape index (κ3) is 3.54. The Kier molecular flexibility index (Phi) is 3.91. The summed E-state index contributed by atoms with van der Waals surface area (Å²) in [6.07, 6.45) is 2.33. The second-order valence-electron chi connectivity index (χ2n) is 4.70. The molecule has 1 unspecified atom stereocenters. The Labute approximate surface area is 112 Å². The quantitative estimate of drug-likeness (QED) is 0.610. The van der Waals surface area contributed by atoms with Gasteiger partial charge in [-0.1, -0.05) is 18.2 Å². The topological polar surface area (TPSA) is 69.7 Å². The van der Waals surface area contributed by atoms with Crippen molar-refractivity contribution in [2.75, 3.05) is 13.4 Å². The number of rotatable bonds is 4. The molecule has 0 radical (unpaired) electrons. The molecule has 1 aromatic rings. The maximum Gasteiger partial charge on any atom is 0.309 e. The van der Waals surface area contributed by atoms with Gasteiger partial charge >= 0.3 is 5.97 Å². The van der Waals surface area contributed by atoms with Crippen LogP contribution in [0.2, 0.25) is 0 Å². The lowest BCUT2D eigenvalue weighted by Crippen LogP contribution is -2.15. The van der Waals surface area contributed by atoms with Crippen molar-refractivity contribution in [3.8, 4) is 0 Å². The van der Waals surface area contributed by atoms with Crippen LogP contribution >= 0.6 is 0 Å². The van der Waals surface area contributed by atoms with Gasteiger partial charge in [0.2, 0.25) is 0 Å². The van der Waals surface area contributed by atoms with Crippen LogP contribution in [-0.4, -0.2) is 27.8 Å². The number of fused-ring (bicyclic) bond motifs is 1. The van der Waals surface area contributed by atoms with E-state index in [2.05, 4.69) is 0 Å². The molecule has 0 spiro atoms. The molecule has 6 heteroatoms. The van der Waals surface area contributed by atoms with E-state index in [4.69, 9.17) is 8.92 Å². The lowest BCUT2D eigenvalue weighted by Gasteiger charge is -2.05. The van der Waals surface area contributed by atoms with E-state index in [1.807, 2.05) is 18.2 Å². The summed E-state index contributed by atoms with van der Waals surface area (Å²) in [5.74, 6) is -0.337. The van der Waals surface area contributed by atoms with Crippen molar-refractivity contribution in [2.45, 2.75) is 19.4 Å². The van der Waals surface area contributed by atoms with Gasteiger partial charge in [-0.25, -0.2) is 0 Å². The first-order valence-corrected chi connectivity index (χ1v) is 7.73. The lowest BCUT2D eigenvalue weighted by molar-refractivity contribution is -0.145. The average molecular weight is 284 g/mol. The molecule has 0 fully saturated rings. The normalized spacial score (nSPS) is 18.1. The van der Waals surface area contributed by atoms with Gasteiger partial charge in [-0.05, 0) is 29.5 Å². The molecule has 0 aliphatic heterocycles. The zero-order valence-electron chi connectivity index (χ0n) is 10.9. The summed E-state index contributed by atoms with van der Waals surface area (Å²) < 4.78 is 31.4. The summed E-state index contributed by atoms with van der Waals surface area (Å²) in [4.78, 5) is 11.5. The standard InChI is InChI=1S/C13H16O5S/c1-17-13(14)12-6-10-4-3-9(5-11(10)7-12)8-18-19(2,15)16/h3-5,12H,6-8H2,1-2H3. The Morgan fingerprint density at radius 1 is 1.32 bits per heavy atom. The van der Waals surface area contributed by atoms with Crippen LogP contribution in [0.4, 0.5) is 0 Å². The molecule has 0 bridgehead atoms. The number of carbonyl (C=O) groups is 1. The van der Waals surface area contributed by atoms with E-state index in [0.29, 0.717) is 12.8 Å². The molecule has 0 aromatic heterocycles. The first-order valence-electron chi connectivity index (χ1n) is 5.92. The van der Waals surface area contributed by atoms with Crippen molar-refractivity contribution in [1.29, 1.82) is 0 Å².